The minimum absolute atomic E-state index is 0.538. The van der Waals surface area contributed by atoms with Gasteiger partial charge in [-0.1, -0.05) is 38.1 Å². The Labute approximate surface area is 182 Å². The zero-order chi connectivity index (χ0) is 22.1. The fraction of sp³-hybridized carbons (Fsp3) is 0.423. The predicted octanol–water partition coefficient (Wildman–Crippen LogP) is 6.93. The van der Waals surface area contributed by atoms with Crippen LogP contribution in [0.1, 0.15) is 50.3 Å². The van der Waals surface area contributed by atoms with E-state index in [2.05, 4.69) is 44.5 Å². The normalized spacial score (nSPS) is 13.3. The molecule has 0 fully saturated rings. The smallest absolute Gasteiger partial charge is 0.130 e. The number of benzene rings is 2. The summed E-state index contributed by atoms with van der Waals surface area (Å²) in [6.45, 7) is 16.0. The maximum atomic E-state index is 6.25. The molecule has 0 aliphatic rings. The molecular formula is C26H36N2O2. The fourth-order valence-electron chi connectivity index (χ4n) is 2.95. The molecule has 0 aromatic heterocycles. The lowest BCUT2D eigenvalue weighted by Crippen LogP contribution is -2.23. The summed E-state index contributed by atoms with van der Waals surface area (Å²) in [5.41, 5.74) is 3.57. The molecule has 1 atom stereocenters. The Bertz CT molecular complexity index is 875. The monoisotopic (exact) mass is 408 g/mol. The first-order valence-corrected chi connectivity index (χ1v) is 10.7. The molecule has 2 aromatic carbocycles. The van der Waals surface area contributed by atoms with Crippen molar-refractivity contribution in [2.75, 3.05) is 20.2 Å². The first kappa shape index (κ1) is 23.7. The standard InChI is InChI=1S/C26H36N2O2/c1-8-11-15-29-26(6,9-2)22-13-12-14-23(18-22)30-25-17-20(4)24(16-21(25)5)27-19-28(7)10-3/h9,12-14,16-19H,2,8,10-11,15H2,1,3-7H3. The Balaban J connectivity index is 2.24. The molecule has 0 amide bonds. The topological polar surface area (TPSA) is 34.1 Å². The highest BCUT2D eigenvalue weighted by molar-refractivity contribution is 5.64. The Morgan fingerprint density at radius 3 is 2.57 bits per heavy atom. The summed E-state index contributed by atoms with van der Waals surface area (Å²) < 4.78 is 12.4. The van der Waals surface area contributed by atoms with Crippen LogP contribution in [0.5, 0.6) is 11.5 Å². The Hall–Kier alpha value is -2.59. The third-order valence-electron chi connectivity index (χ3n) is 5.31. The first-order chi connectivity index (χ1) is 14.3. The summed E-state index contributed by atoms with van der Waals surface area (Å²) in [5, 5.41) is 0. The lowest BCUT2D eigenvalue weighted by molar-refractivity contribution is 0.000665. The number of nitrogens with zero attached hydrogens (tertiary/aromatic N) is 2. The van der Waals surface area contributed by atoms with Crippen molar-refractivity contribution in [1.29, 1.82) is 0 Å². The van der Waals surface area contributed by atoms with Gasteiger partial charge in [-0.15, -0.1) is 0 Å². The van der Waals surface area contributed by atoms with Crippen molar-refractivity contribution in [3.8, 4) is 11.5 Å². The zero-order valence-electron chi connectivity index (χ0n) is 19.4. The van der Waals surface area contributed by atoms with E-state index in [0.29, 0.717) is 6.61 Å². The second-order valence-corrected chi connectivity index (χ2v) is 7.87. The minimum Gasteiger partial charge on any atom is -0.457 e. The zero-order valence-corrected chi connectivity index (χ0v) is 19.4. The molecule has 2 aromatic rings. The highest BCUT2D eigenvalue weighted by atomic mass is 16.5. The lowest BCUT2D eigenvalue weighted by atomic mass is 9.95. The molecule has 4 heteroatoms. The maximum Gasteiger partial charge on any atom is 0.130 e. The van der Waals surface area contributed by atoms with Crippen molar-refractivity contribution in [3.63, 3.8) is 0 Å². The van der Waals surface area contributed by atoms with E-state index in [9.17, 15) is 0 Å². The van der Waals surface area contributed by atoms with Crippen molar-refractivity contribution in [2.45, 2.75) is 53.1 Å². The molecule has 0 N–H and O–H groups in total. The van der Waals surface area contributed by atoms with Crippen LogP contribution in [0.3, 0.4) is 0 Å². The fourth-order valence-corrected chi connectivity index (χ4v) is 2.95. The van der Waals surface area contributed by atoms with Gasteiger partial charge in [0.1, 0.15) is 17.1 Å². The van der Waals surface area contributed by atoms with Gasteiger partial charge in [0.2, 0.25) is 0 Å². The van der Waals surface area contributed by atoms with E-state index < -0.39 is 5.60 Å². The molecule has 0 bridgehead atoms. The SMILES string of the molecule is C=CC(C)(OCCCC)c1cccc(Oc2cc(C)c(N=CN(C)CC)cc2C)c1. The van der Waals surface area contributed by atoms with Gasteiger partial charge < -0.3 is 14.4 Å². The van der Waals surface area contributed by atoms with E-state index in [4.69, 9.17) is 9.47 Å². The number of rotatable bonds is 11. The van der Waals surface area contributed by atoms with E-state index in [0.717, 1.165) is 53.3 Å². The molecule has 162 valence electrons. The number of aryl methyl sites for hydroxylation is 2. The molecule has 0 heterocycles. The van der Waals surface area contributed by atoms with Gasteiger partial charge in [-0.25, -0.2) is 4.99 Å². The van der Waals surface area contributed by atoms with Crippen molar-refractivity contribution >= 4 is 12.0 Å². The van der Waals surface area contributed by atoms with Crippen LogP contribution in [0.4, 0.5) is 5.69 Å². The maximum absolute atomic E-state index is 6.25. The number of ether oxygens (including phenoxy) is 2. The van der Waals surface area contributed by atoms with Gasteiger partial charge in [0.25, 0.3) is 0 Å². The summed E-state index contributed by atoms with van der Waals surface area (Å²) in [6.07, 6.45) is 5.85. The molecule has 1 unspecified atom stereocenters. The lowest BCUT2D eigenvalue weighted by Gasteiger charge is -2.27. The minimum atomic E-state index is -0.538. The van der Waals surface area contributed by atoms with Crippen LogP contribution >= 0.6 is 0 Å². The second-order valence-electron chi connectivity index (χ2n) is 7.87. The summed E-state index contributed by atoms with van der Waals surface area (Å²) >= 11 is 0. The summed E-state index contributed by atoms with van der Waals surface area (Å²) in [7, 11) is 2.01. The molecule has 30 heavy (non-hydrogen) atoms. The average Bonchev–Trinajstić information content (AvgIpc) is 2.75. The second kappa shape index (κ2) is 11.0. The molecule has 0 aliphatic carbocycles. The van der Waals surface area contributed by atoms with Crippen molar-refractivity contribution in [3.05, 3.63) is 65.7 Å². The number of hydrogen-bond acceptors (Lipinski definition) is 3. The molecule has 4 nitrogen and oxygen atoms in total. The van der Waals surface area contributed by atoms with E-state index in [1.165, 1.54) is 0 Å². The van der Waals surface area contributed by atoms with Crippen molar-refractivity contribution < 1.29 is 9.47 Å². The highest BCUT2D eigenvalue weighted by Crippen LogP contribution is 2.34. The van der Waals surface area contributed by atoms with Gasteiger partial charge >= 0.3 is 0 Å². The molecule has 0 aliphatic heterocycles. The predicted molar refractivity (Wildman–Crippen MR) is 127 cm³/mol. The third kappa shape index (κ3) is 6.20. The molecule has 0 radical (unpaired) electrons. The van der Waals surface area contributed by atoms with Gasteiger partial charge in [-0.2, -0.15) is 0 Å². The highest BCUT2D eigenvalue weighted by Gasteiger charge is 2.24. The largest absolute Gasteiger partial charge is 0.457 e. The van der Waals surface area contributed by atoms with E-state index >= 15 is 0 Å². The van der Waals surface area contributed by atoms with Crippen LogP contribution in [0.2, 0.25) is 0 Å². The van der Waals surface area contributed by atoms with E-state index in [-0.39, 0.29) is 0 Å². The number of hydrogen-bond donors (Lipinski definition) is 0. The Morgan fingerprint density at radius 1 is 1.13 bits per heavy atom. The van der Waals surface area contributed by atoms with Crippen molar-refractivity contribution in [1.82, 2.24) is 4.90 Å². The van der Waals surface area contributed by atoms with Gasteiger partial charge in [-0.05, 0) is 75.1 Å². The van der Waals surface area contributed by atoms with Crippen LogP contribution in [0, 0.1) is 13.8 Å². The number of unbranched alkanes of at least 4 members (excludes halogenated alkanes) is 1. The van der Waals surface area contributed by atoms with E-state index in [1.807, 2.05) is 62.5 Å². The van der Waals surface area contributed by atoms with Crippen LogP contribution in [0.25, 0.3) is 0 Å². The average molecular weight is 409 g/mol. The molecule has 0 spiro atoms. The van der Waals surface area contributed by atoms with E-state index in [1.54, 1.807) is 0 Å². The molecule has 0 saturated carbocycles. The van der Waals surface area contributed by atoms with Gasteiger partial charge in [0.15, 0.2) is 0 Å². The third-order valence-corrected chi connectivity index (χ3v) is 5.31. The van der Waals surface area contributed by atoms with Gasteiger partial charge in [0.05, 0.1) is 12.0 Å². The van der Waals surface area contributed by atoms with Crippen LogP contribution in [0.15, 0.2) is 54.0 Å². The summed E-state index contributed by atoms with van der Waals surface area (Å²) in [5.74, 6) is 1.61. The molecule has 0 saturated heterocycles. The van der Waals surface area contributed by atoms with Crippen LogP contribution < -0.4 is 4.74 Å². The molecule has 2 rings (SSSR count). The van der Waals surface area contributed by atoms with Gasteiger partial charge in [-0.3, -0.25) is 0 Å². The summed E-state index contributed by atoms with van der Waals surface area (Å²) in [6, 6.07) is 12.2. The van der Waals surface area contributed by atoms with Gasteiger partial charge in [0, 0.05) is 20.2 Å². The first-order valence-electron chi connectivity index (χ1n) is 10.7. The Morgan fingerprint density at radius 2 is 1.90 bits per heavy atom. The van der Waals surface area contributed by atoms with Crippen molar-refractivity contribution in [2.24, 2.45) is 4.99 Å². The van der Waals surface area contributed by atoms with Crippen LogP contribution in [-0.4, -0.2) is 31.4 Å². The number of aliphatic imine (C=N–C) groups is 1. The molecular weight excluding hydrogens is 372 g/mol. The summed E-state index contributed by atoms with van der Waals surface area (Å²) in [4.78, 5) is 6.64. The Kier molecular flexibility index (Phi) is 8.67. The van der Waals surface area contributed by atoms with Crippen LogP contribution in [-0.2, 0) is 10.3 Å². The quantitative estimate of drug-likeness (QED) is 0.175.